The van der Waals surface area contributed by atoms with E-state index in [1.165, 1.54) is 45.9 Å². The van der Waals surface area contributed by atoms with Crippen molar-refractivity contribution in [1.29, 1.82) is 0 Å². The summed E-state index contributed by atoms with van der Waals surface area (Å²) in [5.41, 5.74) is 11.0. The normalized spacial score (nSPS) is 16.5. The van der Waals surface area contributed by atoms with Crippen molar-refractivity contribution in [2.75, 3.05) is 0 Å². The summed E-state index contributed by atoms with van der Waals surface area (Å²) in [6.45, 7) is 16.8. The van der Waals surface area contributed by atoms with Gasteiger partial charge in [0.1, 0.15) is 11.6 Å². The highest BCUT2D eigenvalue weighted by Gasteiger charge is 2.38. The molecule has 0 bridgehead atoms. The van der Waals surface area contributed by atoms with Crippen LogP contribution in [0.2, 0.25) is 0 Å². The van der Waals surface area contributed by atoms with Crippen molar-refractivity contribution in [3.8, 4) is 11.1 Å². The zero-order valence-corrected chi connectivity index (χ0v) is 30.4. The van der Waals surface area contributed by atoms with Crippen molar-refractivity contribution in [2.24, 2.45) is 29.6 Å². The van der Waals surface area contributed by atoms with Crippen LogP contribution in [0.1, 0.15) is 124 Å². The predicted octanol–water partition coefficient (Wildman–Crippen LogP) is 10.7. The van der Waals surface area contributed by atoms with Gasteiger partial charge in [-0.05, 0) is 128 Å². The molecule has 47 heavy (non-hydrogen) atoms. The quantitative estimate of drug-likeness (QED) is 0.147. The predicted molar refractivity (Wildman–Crippen MR) is 196 cm³/mol. The van der Waals surface area contributed by atoms with Gasteiger partial charge in [0.25, 0.3) is 0 Å². The maximum Gasteiger partial charge on any atom is 0.163 e. The van der Waals surface area contributed by atoms with E-state index in [2.05, 4.69) is 103 Å². The summed E-state index contributed by atoms with van der Waals surface area (Å²) in [6, 6.07) is 20.2. The smallest absolute Gasteiger partial charge is 0.163 e. The fourth-order valence-electron chi connectivity index (χ4n) is 8.65. The van der Waals surface area contributed by atoms with Gasteiger partial charge in [0.05, 0.1) is 6.42 Å². The molecule has 0 saturated carbocycles. The Morgan fingerprint density at radius 3 is 2.17 bits per heavy atom. The molecular weight excluding hydrogens is 576 g/mol. The van der Waals surface area contributed by atoms with Crippen LogP contribution in [0.5, 0.6) is 0 Å². The number of carbonyl (C=O) groups excluding carboxylic acids is 3. The lowest BCUT2D eigenvalue weighted by atomic mass is 9.65. The van der Waals surface area contributed by atoms with Gasteiger partial charge in [0.15, 0.2) is 5.78 Å². The third-order valence-electron chi connectivity index (χ3n) is 10.9. The largest absolute Gasteiger partial charge is 0.300 e. The summed E-state index contributed by atoms with van der Waals surface area (Å²) in [5, 5.41) is 0. The van der Waals surface area contributed by atoms with E-state index in [0.29, 0.717) is 18.3 Å². The molecule has 0 amide bonds. The molecular formula is C44H58O3. The van der Waals surface area contributed by atoms with Crippen molar-refractivity contribution >= 4 is 17.3 Å². The summed E-state index contributed by atoms with van der Waals surface area (Å²) < 4.78 is 0. The van der Waals surface area contributed by atoms with Crippen LogP contribution < -0.4 is 0 Å². The van der Waals surface area contributed by atoms with Crippen molar-refractivity contribution in [3.05, 3.63) is 93.5 Å². The first-order chi connectivity index (χ1) is 22.5. The Bertz CT molecular complexity index is 1560. The van der Waals surface area contributed by atoms with Gasteiger partial charge >= 0.3 is 0 Å². The monoisotopic (exact) mass is 634 g/mol. The number of hydrogen-bond donors (Lipinski definition) is 0. The van der Waals surface area contributed by atoms with Gasteiger partial charge in [0.2, 0.25) is 0 Å². The molecule has 4 unspecified atom stereocenters. The molecule has 0 fully saturated rings. The Morgan fingerprint density at radius 1 is 0.830 bits per heavy atom. The molecule has 3 nitrogen and oxygen atoms in total. The Balaban J connectivity index is 1.67. The van der Waals surface area contributed by atoms with Gasteiger partial charge in [-0.15, -0.1) is 0 Å². The lowest BCUT2D eigenvalue weighted by molar-refractivity contribution is -0.130. The van der Waals surface area contributed by atoms with Crippen molar-refractivity contribution in [3.63, 3.8) is 0 Å². The second kappa shape index (κ2) is 16.7. The molecule has 0 aromatic heterocycles. The van der Waals surface area contributed by atoms with E-state index in [4.69, 9.17) is 0 Å². The first-order valence-corrected chi connectivity index (χ1v) is 18.3. The maximum atomic E-state index is 14.0. The first kappa shape index (κ1) is 36.5. The zero-order valence-electron chi connectivity index (χ0n) is 30.4. The molecule has 3 aromatic rings. The minimum atomic E-state index is -0.150. The van der Waals surface area contributed by atoms with Crippen molar-refractivity contribution < 1.29 is 14.4 Å². The molecule has 4 rings (SSSR count). The number of Topliss-reactive ketones (excluding diaryl/α,β-unsaturated/α-hetero) is 3. The Hall–Kier alpha value is -3.33. The highest BCUT2D eigenvalue weighted by atomic mass is 16.1. The minimum Gasteiger partial charge on any atom is -0.300 e. The molecule has 1 aliphatic carbocycles. The molecule has 0 aliphatic heterocycles. The molecule has 0 spiro atoms. The fraction of sp³-hybridized carbons (Fsp3) is 0.523. The molecule has 0 radical (unpaired) electrons. The van der Waals surface area contributed by atoms with Crippen LogP contribution in [0.25, 0.3) is 11.1 Å². The van der Waals surface area contributed by atoms with Crippen LogP contribution >= 0.6 is 0 Å². The van der Waals surface area contributed by atoms with Crippen LogP contribution in [-0.2, 0) is 35.3 Å². The van der Waals surface area contributed by atoms with Gasteiger partial charge < -0.3 is 0 Å². The first-order valence-electron chi connectivity index (χ1n) is 18.3. The maximum absolute atomic E-state index is 14.0. The molecule has 252 valence electrons. The third kappa shape index (κ3) is 8.98. The summed E-state index contributed by atoms with van der Waals surface area (Å²) in [4.78, 5) is 39.4. The summed E-state index contributed by atoms with van der Waals surface area (Å²) in [5.74, 6) is 1.24. The standard InChI is InChI=1S/C44H58O3/c1-9-35-20-19-33(17-13-16-32-15-12-14-29(6)22-32)24-39(35)38-21-18-30(7)44-41(38)26-34(27-43(44)47)25-40(36(10-2)28(4)5)37(11-3)42(46)23-31(8)45/h12,14-15,18-22,24,28,34,36-37,40H,9-11,13,16-17,23,25-27H2,1-8H3. The number of ketones is 3. The fourth-order valence-corrected chi connectivity index (χ4v) is 8.65. The van der Waals surface area contributed by atoms with Gasteiger partial charge in [-0.3, -0.25) is 14.4 Å². The molecule has 3 heteroatoms. The molecule has 1 aliphatic rings. The summed E-state index contributed by atoms with van der Waals surface area (Å²) in [6.07, 6.45) is 8.07. The van der Waals surface area contributed by atoms with E-state index >= 15 is 0 Å². The van der Waals surface area contributed by atoms with Crippen molar-refractivity contribution in [2.45, 2.75) is 120 Å². The molecule has 4 atom stereocenters. The van der Waals surface area contributed by atoms with E-state index in [1.807, 2.05) is 0 Å². The van der Waals surface area contributed by atoms with E-state index in [9.17, 15) is 14.4 Å². The van der Waals surface area contributed by atoms with Gasteiger partial charge in [0, 0.05) is 17.9 Å². The van der Waals surface area contributed by atoms with Crippen LogP contribution in [0, 0.1) is 43.4 Å². The summed E-state index contributed by atoms with van der Waals surface area (Å²) in [7, 11) is 0. The lowest BCUT2D eigenvalue weighted by Crippen LogP contribution is -2.35. The number of fused-ring (bicyclic) bond motifs is 1. The Labute approximate surface area is 285 Å². The number of rotatable bonds is 16. The number of aryl methyl sites for hydroxylation is 5. The molecule has 0 heterocycles. The zero-order chi connectivity index (χ0) is 34.2. The average Bonchev–Trinajstić information content (AvgIpc) is 3.01. The van der Waals surface area contributed by atoms with E-state index in [-0.39, 0.29) is 41.5 Å². The van der Waals surface area contributed by atoms with Crippen LogP contribution in [0.4, 0.5) is 0 Å². The lowest BCUT2D eigenvalue weighted by Gasteiger charge is -2.38. The third-order valence-corrected chi connectivity index (χ3v) is 10.9. The number of hydrogen-bond acceptors (Lipinski definition) is 3. The average molecular weight is 635 g/mol. The van der Waals surface area contributed by atoms with Crippen LogP contribution in [0.3, 0.4) is 0 Å². The van der Waals surface area contributed by atoms with Crippen molar-refractivity contribution in [1.82, 2.24) is 0 Å². The van der Waals surface area contributed by atoms with Gasteiger partial charge in [-0.1, -0.05) is 101 Å². The Morgan fingerprint density at radius 2 is 1.55 bits per heavy atom. The molecule has 0 N–H and O–H groups in total. The highest BCUT2D eigenvalue weighted by molar-refractivity contribution is 6.02. The van der Waals surface area contributed by atoms with Gasteiger partial charge in [-0.2, -0.15) is 0 Å². The second-order valence-corrected chi connectivity index (χ2v) is 14.7. The van der Waals surface area contributed by atoms with Gasteiger partial charge in [-0.25, -0.2) is 0 Å². The topological polar surface area (TPSA) is 51.2 Å². The van der Waals surface area contributed by atoms with E-state index in [0.717, 1.165) is 62.5 Å². The second-order valence-electron chi connectivity index (χ2n) is 14.7. The minimum absolute atomic E-state index is 0.0143. The number of benzene rings is 3. The van der Waals surface area contributed by atoms with Crippen LogP contribution in [0.15, 0.2) is 54.6 Å². The van der Waals surface area contributed by atoms with Crippen LogP contribution in [-0.4, -0.2) is 17.3 Å². The Kier molecular flexibility index (Phi) is 12.9. The molecule has 0 saturated heterocycles. The SMILES string of the molecule is CCc1ccc(CCCc2cccc(C)c2)cc1-c1ccc(C)c2c1CC(CC(C(CC)C(=O)CC(C)=O)C(CC)C(C)C)CC2=O. The molecule has 3 aromatic carbocycles. The van der Waals surface area contributed by atoms with E-state index in [1.54, 1.807) is 0 Å². The highest BCUT2D eigenvalue weighted by Crippen LogP contribution is 2.43. The number of carbonyl (C=O) groups is 3. The van der Waals surface area contributed by atoms with E-state index < -0.39 is 0 Å². The summed E-state index contributed by atoms with van der Waals surface area (Å²) >= 11 is 0.